The molecule has 0 aromatic heterocycles. The van der Waals surface area contributed by atoms with Crippen LogP contribution in [0.3, 0.4) is 0 Å². The van der Waals surface area contributed by atoms with Crippen molar-refractivity contribution in [3.63, 3.8) is 0 Å². The van der Waals surface area contributed by atoms with Crippen LogP contribution in [0.1, 0.15) is 44.1 Å². The van der Waals surface area contributed by atoms with Gasteiger partial charge in [-0.2, -0.15) is 0 Å². The van der Waals surface area contributed by atoms with Crippen molar-refractivity contribution in [2.45, 2.75) is 43.9 Å². The Morgan fingerprint density at radius 3 is 2.41 bits per heavy atom. The number of hydrogen-bond donors (Lipinski definition) is 1. The second kappa shape index (κ2) is 8.26. The van der Waals surface area contributed by atoms with Gasteiger partial charge in [0.15, 0.2) is 0 Å². The van der Waals surface area contributed by atoms with E-state index in [1.54, 1.807) is 7.11 Å². The van der Waals surface area contributed by atoms with Crippen molar-refractivity contribution in [3.05, 3.63) is 53.8 Å². The molecule has 1 amide bonds. The van der Waals surface area contributed by atoms with Crippen LogP contribution in [0.15, 0.2) is 42.5 Å². The number of carbonyl (C=O) groups excluding carboxylic acids is 1. The first-order valence-electron chi connectivity index (χ1n) is 12.6. The highest BCUT2D eigenvalue weighted by Gasteiger charge is 2.61. The highest BCUT2D eigenvalue weighted by Crippen LogP contribution is 2.66. The maximum atomic E-state index is 15.2. The van der Waals surface area contributed by atoms with Crippen LogP contribution in [0.2, 0.25) is 0 Å². The molecule has 4 bridgehead atoms. The number of nitrogens with one attached hydrogen (secondary N) is 1. The van der Waals surface area contributed by atoms with Gasteiger partial charge in [0.2, 0.25) is 5.91 Å². The first kappa shape index (κ1) is 21.9. The summed E-state index contributed by atoms with van der Waals surface area (Å²) in [6.45, 7) is 3.28. The Kier molecular flexibility index (Phi) is 5.32. The number of benzene rings is 2. The molecule has 5 aliphatic rings. The highest BCUT2D eigenvalue weighted by atomic mass is 19.1. The van der Waals surface area contributed by atoms with Gasteiger partial charge in [-0.05, 0) is 91.7 Å². The van der Waals surface area contributed by atoms with Crippen LogP contribution in [0.4, 0.5) is 15.8 Å². The molecule has 6 heteroatoms. The summed E-state index contributed by atoms with van der Waals surface area (Å²) in [5, 5.41) is 3.23. The van der Waals surface area contributed by atoms with Gasteiger partial charge in [0.1, 0.15) is 11.6 Å². The Bertz CT molecular complexity index is 1070. The third kappa shape index (κ3) is 3.67. The highest BCUT2D eigenvalue weighted by molar-refractivity contribution is 5.96. The van der Waals surface area contributed by atoms with E-state index in [9.17, 15) is 4.79 Å². The van der Waals surface area contributed by atoms with Gasteiger partial charge in [0.05, 0.1) is 25.7 Å². The number of halogens is 1. The summed E-state index contributed by atoms with van der Waals surface area (Å²) in [4.78, 5) is 16.1. The number of ether oxygens (including phenoxy) is 2. The zero-order valence-corrected chi connectivity index (χ0v) is 19.8. The first-order valence-corrected chi connectivity index (χ1v) is 12.6. The van der Waals surface area contributed by atoms with Crippen LogP contribution in [-0.2, 0) is 14.9 Å². The molecule has 34 heavy (non-hydrogen) atoms. The molecule has 5 fully saturated rings. The molecule has 2 aromatic carbocycles. The van der Waals surface area contributed by atoms with Crippen molar-refractivity contribution in [2.75, 3.05) is 43.6 Å². The summed E-state index contributed by atoms with van der Waals surface area (Å²) < 4.78 is 25.9. The standard InChI is InChI=1S/C28H33FN2O3/c1-33-23-6-7-24(25(29)13-23)27-14-19-12-20(15-27)17-28(16-19,18-27)26(32)30-21-2-4-22(5-3-21)31-8-10-34-11-9-31/h2-7,13,19-20H,8-12,14-18H2,1H3,(H,30,32)/t19-,20+,27?,28?. The number of carbonyl (C=O) groups is 1. The molecule has 180 valence electrons. The van der Waals surface area contributed by atoms with Crippen LogP contribution in [0.25, 0.3) is 0 Å². The Hall–Kier alpha value is -2.60. The normalized spacial score (nSPS) is 32.0. The van der Waals surface area contributed by atoms with E-state index in [1.165, 1.54) is 12.5 Å². The van der Waals surface area contributed by atoms with E-state index in [4.69, 9.17) is 9.47 Å². The Labute approximate surface area is 200 Å². The lowest BCUT2D eigenvalue weighted by Gasteiger charge is -2.61. The molecule has 1 aliphatic heterocycles. The maximum Gasteiger partial charge on any atom is 0.230 e. The average molecular weight is 465 g/mol. The van der Waals surface area contributed by atoms with Crippen molar-refractivity contribution in [1.29, 1.82) is 0 Å². The Morgan fingerprint density at radius 1 is 1.06 bits per heavy atom. The van der Waals surface area contributed by atoms with Gasteiger partial charge >= 0.3 is 0 Å². The molecule has 1 heterocycles. The molecule has 0 spiro atoms. The lowest BCUT2D eigenvalue weighted by atomic mass is 9.42. The van der Waals surface area contributed by atoms with Crippen LogP contribution < -0.4 is 15.0 Å². The van der Waals surface area contributed by atoms with Gasteiger partial charge in [-0.1, -0.05) is 6.07 Å². The van der Waals surface area contributed by atoms with E-state index < -0.39 is 5.41 Å². The van der Waals surface area contributed by atoms with E-state index in [0.29, 0.717) is 17.6 Å². The summed E-state index contributed by atoms with van der Waals surface area (Å²) in [5.74, 6) is 1.42. The minimum Gasteiger partial charge on any atom is -0.497 e. The van der Waals surface area contributed by atoms with Gasteiger partial charge in [0.25, 0.3) is 0 Å². The van der Waals surface area contributed by atoms with Gasteiger partial charge in [-0.3, -0.25) is 4.79 Å². The third-order valence-corrected chi connectivity index (χ3v) is 8.79. The summed E-state index contributed by atoms with van der Waals surface area (Å²) in [5.41, 5.74) is 2.10. The molecule has 4 aliphatic carbocycles. The zero-order valence-electron chi connectivity index (χ0n) is 19.8. The molecule has 7 rings (SSSR count). The molecule has 4 saturated carbocycles. The average Bonchev–Trinajstić information content (AvgIpc) is 2.84. The van der Waals surface area contributed by atoms with Gasteiger partial charge in [-0.15, -0.1) is 0 Å². The van der Waals surface area contributed by atoms with Gasteiger partial charge in [0, 0.05) is 30.5 Å². The summed E-state index contributed by atoms with van der Waals surface area (Å²) in [6.07, 6.45) is 5.70. The Balaban J connectivity index is 1.24. The van der Waals surface area contributed by atoms with E-state index in [1.807, 2.05) is 24.3 Å². The van der Waals surface area contributed by atoms with Crippen LogP contribution in [0.5, 0.6) is 5.75 Å². The minimum absolute atomic E-state index is 0.110. The Morgan fingerprint density at radius 2 is 1.76 bits per heavy atom. The van der Waals surface area contributed by atoms with Crippen LogP contribution in [-0.4, -0.2) is 39.3 Å². The fourth-order valence-corrected chi connectivity index (χ4v) is 7.74. The van der Waals surface area contributed by atoms with Crippen molar-refractivity contribution >= 4 is 17.3 Å². The van der Waals surface area contributed by atoms with E-state index >= 15 is 4.39 Å². The predicted molar refractivity (Wildman–Crippen MR) is 130 cm³/mol. The lowest BCUT2D eigenvalue weighted by molar-refractivity contribution is -0.143. The second-order valence-corrected chi connectivity index (χ2v) is 11.0. The molecule has 2 unspecified atom stereocenters. The van der Waals surface area contributed by atoms with Gasteiger partial charge < -0.3 is 19.7 Å². The molecule has 1 N–H and O–H groups in total. The zero-order chi connectivity index (χ0) is 23.3. The van der Waals surface area contributed by atoms with Crippen molar-refractivity contribution in [3.8, 4) is 5.75 Å². The molecule has 5 nitrogen and oxygen atoms in total. The van der Waals surface area contributed by atoms with Gasteiger partial charge in [-0.25, -0.2) is 4.39 Å². The number of rotatable bonds is 5. The fraction of sp³-hybridized carbons (Fsp3) is 0.536. The van der Waals surface area contributed by atoms with E-state index in [2.05, 4.69) is 22.3 Å². The SMILES string of the molecule is COc1ccc(C23C[C@@H]4C[C@@H](CC(C(=O)Nc5ccc(N6CCOCC6)cc5)(C4)C2)C3)c(F)c1. The quantitative estimate of drug-likeness (QED) is 0.665. The second-order valence-electron chi connectivity index (χ2n) is 11.0. The summed E-state index contributed by atoms with van der Waals surface area (Å²) >= 11 is 0. The molecular formula is C28H33FN2O3. The molecule has 1 saturated heterocycles. The first-order chi connectivity index (χ1) is 16.5. The largest absolute Gasteiger partial charge is 0.497 e. The predicted octanol–water partition coefficient (Wildman–Crippen LogP) is 5.15. The van der Waals surface area contributed by atoms with Crippen molar-refractivity contribution in [1.82, 2.24) is 0 Å². The number of nitrogens with zero attached hydrogens (tertiary/aromatic N) is 1. The summed E-state index contributed by atoms with van der Waals surface area (Å²) in [7, 11) is 1.56. The number of anilines is 2. The van der Waals surface area contributed by atoms with Crippen LogP contribution >= 0.6 is 0 Å². The topological polar surface area (TPSA) is 50.8 Å². The third-order valence-electron chi connectivity index (χ3n) is 8.79. The lowest BCUT2D eigenvalue weighted by Crippen LogP contribution is -2.58. The molecule has 2 aromatic rings. The number of methoxy groups -OCH3 is 1. The van der Waals surface area contributed by atoms with Crippen LogP contribution in [0, 0.1) is 23.1 Å². The number of hydrogen-bond acceptors (Lipinski definition) is 4. The number of amides is 1. The fourth-order valence-electron chi connectivity index (χ4n) is 7.74. The van der Waals surface area contributed by atoms with Crippen molar-refractivity contribution < 1.29 is 18.7 Å². The van der Waals surface area contributed by atoms with E-state index in [-0.39, 0.29) is 17.1 Å². The minimum atomic E-state index is -0.417. The smallest absolute Gasteiger partial charge is 0.230 e. The van der Waals surface area contributed by atoms with Crippen molar-refractivity contribution in [2.24, 2.45) is 17.3 Å². The number of morpholine rings is 1. The maximum absolute atomic E-state index is 15.2. The molecular weight excluding hydrogens is 431 g/mol. The monoisotopic (exact) mass is 464 g/mol. The molecule has 0 radical (unpaired) electrons. The summed E-state index contributed by atoms with van der Waals surface area (Å²) in [6, 6.07) is 13.4. The molecule has 4 atom stereocenters. The van der Waals surface area contributed by atoms with E-state index in [0.717, 1.165) is 75.3 Å².